The number of benzene rings is 2. The van der Waals surface area contributed by atoms with Crippen LogP contribution in [0.1, 0.15) is 15.9 Å². The van der Waals surface area contributed by atoms with E-state index in [0.29, 0.717) is 5.56 Å². The maximum atomic E-state index is 11.4. The fraction of sp³-hybridized carbons (Fsp3) is 0.235. The minimum absolute atomic E-state index is 0.109. The number of methoxy groups -OCH3 is 2. The molecule has 1 aliphatic rings. The van der Waals surface area contributed by atoms with Gasteiger partial charge in [0.1, 0.15) is 11.2 Å². The molecule has 0 amide bonds. The van der Waals surface area contributed by atoms with Gasteiger partial charge in [0.05, 0.1) is 31.2 Å². The molecule has 0 radical (unpaired) electrons. The van der Waals surface area contributed by atoms with E-state index in [2.05, 4.69) is 10.6 Å². The van der Waals surface area contributed by atoms with Crippen molar-refractivity contribution in [2.24, 2.45) is 0 Å². The third-order valence-corrected chi connectivity index (χ3v) is 4.66. The number of fused-ring (bicyclic) bond motifs is 1. The molecule has 5 nitrogen and oxygen atoms in total. The SMILES string of the molecule is COC(=O)c1ccc(CSC2Nc3ccc(OC)cc3N2)cc1. The molecule has 1 atom stereocenters. The van der Waals surface area contributed by atoms with Crippen molar-refractivity contribution < 1.29 is 14.3 Å². The molecule has 2 aromatic carbocycles. The number of ether oxygens (including phenoxy) is 2. The number of carbonyl (C=O) groups excluding carboxylic acids is 1. The Kier molecular flexibility index (Phi) is 4.62. The molecule has 0 saturated heterocycles. The van der Waals surface area contributed by atoms with E-state index in [4.69, 9.17) is 9.47 Å². The Bertz CT molecular complexity index is 703. The van der Waals surface area contributed by atoms with Crippen molar-refractivity contribution in [3.63, 3.8) is 0 Å². The number of nitrogens with one attached hydrogen (secondary N) is 2. The average Bonchev–Trinajstić information content (AvgIpc) is 3.01. The zero-order chi connectivity index (χ0) is 16.2. The van der Waals surface area contributed by atoms with Crippen molar-refractivity contribution in [1.29, 1.82) is 0 Å². The molecule has 23 heavy (non-hydrogen) atoms. The first kappa shape index (κ1) is 15.6. The number of hydrogen-bond acceptors (Lipinski definition) is 6. The van der Waals surface area contributed by atoms with Gasteiger partial charge in [-0.3, -0.25) is 0 Å². The first-order valence-corrected chi connectivity index (χ1v) is 8.24. The highest BCUT2D eigenvalue weighted by Crippen LogP contribution is 2.36. The summed E-state index contributed by atoms with van der Waals surface area (Å²) in [5.74, 6) is 1.35. The number of thioether (sulfide) groups is 1. The Morgan fingerprint density at radius 2 is 1.83 bits per heavy atom. The lowest BCUT2D eigenvalue weighted by Gasteiger charge is -2.12. The second-order valence-corrected chi connectivity index (χ2v) is 6.17. The molecular weight excluding hydrogens is 312 g/mol. The monoisotopic (exact) mass is 330 g/mol. The van der Waals surface area contributed by atoms with Crippen molar-refractivity contribution in [3.8, 4) is 5.75 Å². The van der Waals surface area contributed by atoms with Gasteiger partial charge in [-0.2, -0.15) is 0 Å². The van der Waals surface area contributed by atoms with Crippen LogP contribution in [0, 0.1) is 0 Å². The van der Waals surface area contributed by atoms with Crippen molar-refractivity contribution in [2.75, 3.05) is 24.9 Å². The van der Waals surface area contributed by atoms with Gasteiger partial charge in [-0.05, 0) is 29.8 Å². The second-order valence-electron chi connectivity index (χ2n) is 5.08. The first-order valence-electron chi connectivity index (χ1n) is 7.19. The van der Waals surface area contributed by atoms with E-state index in [-0.39, 0.29) is 11.5 Å². The van der Waals surface area contributed by atoms with Crippen molar-refractivity contribution >= 4 is 29.1 Å². The molecule has 3 rings (SSSR count). The summed E-state index contributed by atoms with van der Waals surface area (Å²) < 4.78 is 9.93. The van der Waals surface area contributed by atoms with E-state index in [1.54, 1.807) is 31.0 Å². The summed E-state index contributed by atoms with van der Waals surface area (Å²) >= 11 is 1.75. The van der Waals surface area contributed by atoms with E-state index in [1.165, 1.54) is 7.11 Å². The topological polar surface area (TPSA) is 59.6 Å². The smallest absolute Gasteiger partial charge is 0.337 e. The van der Waals surface area contributed by atoms with Crippen molar-refractivity contribution in [2.45, 2.75) is 11.3 Å². The van der Waals surface area contributed by atoms with Crippen LogP contribution in [0.3, 0.4) is 0 Å². The van der Waals surface area contributed by atoms with Gasteiger partial charge in [0.2, 0.25) is 0 Å². The molecule has 2 N–H and O–H groups in total. The van der Waals surface area contributed by atoms with Gasteiger partial charge in [0.25, 0.3) is 0 Å². The molecule has 6 heteroatoms. The van der Waals surface area contributed by atoms with Gasteiger partial charge < -0.3 is 20.1 Å². The lowest BCUT2D eigenvalue weighted by molar-refractivity contribution is 0.0600. The fourth-order valence-electron chi connectivity index (χ4n) is 2.33. The molecule has 0 aromatic heterocycles. The minimum Gasteiger partial charge on any atom is -0.497 e. The molecule has 1 heterocycles. The van der Waals surface area contributed by atoms with Gasteiger partial charge >= 0.3 is 5.97 Å². The Morgan fingerprint density at radius 1 is 1.09 bits per heavy atom. The maximum absolute atomic E-state index is 11.4. The summed E-state index contributed by atoms with van der Waals surface area (Å²) in [6.45, 7) is 0. The molecule has 2 aromatic rings. The molecular formula is C17H18N2O3S. The lowest BCUT2D eigenvalue weighted by Crippen LogP contribution is -2.17. The summed E-state index contributed by atoms with van der Waals surface area (Å²) in [7, 11) is 3.05. The lowest BCUT2D eigenvalue weighted by atomic mass is 10.1. The maximum Gasteiger partial charge on any atom is 0.337 e. The summed E-state index contributed by atoms with van der Waals surface area (Å²) in [6.07, 6.45) is 0. The molecule has 0 spiro atoms. The normalized spacial score (nSPS) is 15.3. The Labute approximate surface area is 139 Å². The Morgan fingerprint density at radius 3 is 2.52 bits per heavy atom. The van der Waals surface area contributed by atoms with Crippen LogP contribution in [-0.4, -0.2) is 25.7 Å². The standard InChI is InChI=1S/C17H18N2O3S/c1-21-13-7-8-14-15(9-13)19-17(18-14)23-10-11-3-5-12(6-4-11)16(20)22-2/h3-9,17-19H,10H2,1-2H3. The van der Waals surface area contributed by atoms with Crippen molar-refractivity contribution in [3.05, 3.63) is 53.6 Å². The number of carbonyl (C=O) groups is 1. The highest BCUT2D eigenvalue weighted by molar-refractivity contribution is 7.99. The Balaban J connectivity index is 1.56. The first-order chi connectivity index (χ1) is 11.2. The largest absolute Gasteiger partial charge is 0.497 e. The molecule has 1 unspecified atom stereocenters. The van der Waals surface area contributed by atoms with Crippen LogP contribution in [0.4, 0.5) is 11.4 Å². The van der Waals surface area contributed by atoms with Crippen LogP contribution >= 0.6 is 11.8 Å². The van der Waals surface area contributed by atoms with E-state index in [1.807, 2.05) is 30.3 Å². The van der Waals surface area contributed by atoms with Gasteiger partial charge in [-0.25, -0.2) is 4.79 Å². The predicted molar refractivity (Wildman–Crippen MR) is 93.1 cm³/mol. The fourth-order valence-corrected chi connectivity index (χ4v) is 3.30. The van der Waals surface area contributed by atoms with Crippen LogP contribution < -0.4 is 15.4 Å². The van der Waals surface area contributed by atoms with E-state index in [0.717, 1.165) is 28.4 Å². The van der Waals surface area contributed by atoms with Crippen molar-refractivity contribution in [1.82, 2.24) is 0 Å². The summed E-state index contributed by atoms with van der Waals surface area (Å²) in [4.78, 5) is 11.4. The van der Waals surface area contributed by atoms with E-state index < -0.39 is 0 Å². The minimum atomic E-state index is -0.312. The molecule has 0 saturated carbocycles. The average molecular weight is 330 g/mol. The zero-order valence-corrected chi connectivity index (χ0v) is 13.8. The van der Waals surface area contributed by atoms with Crippen LogP contribution in [0.25, 0.3) is 0 Å². The van der Waals surface area contributed by atoms with Gasteiger partial charge in [-0.15, -0.1) is 11.8 Å². The third-order valence-electron chi connectivity index (χ3n) is 3.59. The molecule has 120 valence electrons. The third kappa shape index (κ3) is 3.53. The number of hydrogen-bond donors (Lipinski definition) is 2. The molecule has 0 aliphatic carbocycles. The van der Waals surface area contributed by atoms with Gasteiger partial charge in [0.15, 0.2) is 0 Å². The van der Waals surface area contributed by atoms with Crippen LogP contribution in [0.2, 0.25) is 0 Å². The van der Waals surface area contributed by atoms with E-state index >= 15 is 0 Å². The summed E-state index contributed by atoms with van der Waals surface area (Å²) in [5.41, 5.74) is 3.95. The zero-order valence-electron chi connectivity index (χ0n) is 13.0. The van der Waals surface area contributed by atoms with Crippen LogP contribution in [-0.2, 0) is 10.5 Å². The highest BCUT2D eigenvalue weighted by atomic mass is 32.2. The second kappa shape index (κ2) is 6.83. The quantitative estimate of drug-likeness (QED) is 0.818. The number of rotatable bonds is 5. The van der Waals surface area contributed by atoms with Gasteiger partial charge in [0, 0.05) is 11.8 Å². The summed E-state index contributed by atoms with van der Waals surface area (Å²) in [5, 5.41) is 6.83. The van der Waals surface area contributed by atoms with Gasteiger partial charge in [-0.1, -0.05) is 12.1 Å². The number of esters is 1. The predicted octanol–water partition coefficient (Wildman–Crippen LogP) is 3.54. The molecule has 1 aliphatic heterocycles. The number of anilines is 2. The Hall–Kier alpha value is -2.34. The molecule has 0 fully saturated rings. The van der Waals surface area contributed by atoms with Crippen LogP contribution in [0.15, 0.2) is 42.5 Å². The summed E-state index contributed by atoms with van der Waals surface area (Å²) in [6, 6.07) is 13.4. The van der Waals surface area contributed by atoms with E-state index in [9.17, 15) is 4.79 Å². The molecule has 0 bridgehead atoms. The highest BCUT2D eigenvalue weighted by Gasteiger charge is 2.20. The van der Waals surface area contributed by atoms with Crippen LogP contribution in [0.5, 0.6) is 5.75 Å².